The van der Waals surface area contributed by atoms with Gasteiger partial charge in [-0.3, -0.25) is 4.68 Å². The van der Waals surface area contributed by atoms with Gasteiger partial charge in [-0.1, -0.05) is 17.3 Å². The number of hydrogen-bond acceptors (Lipinski definition) is 4. The molecule has 0 aliphatic heterocycles. The second-order valence-corrected chi connectivity index (χ2v) is 4.26. The Morgan fingerprint density at radius 1 is 1.31 bits per heavy atom. The lowest BCUT2D eigenvalue weighted by Gasteiger charge is -1.98. The molecule has 0 saturated carbocycles. The molecule has 0 amide bonds. The van der Waals surface area contributed by atoms with E-state index in [0.717, 1.165) is 11.3 Å². The maximum absolute atomic E-state index is 5.46. The average Bonchev–Trinajstić information content (AvgIpc) is 2.78. The molecule has 2 rings (SSSR count). The van der Waals surface area contributed by atoms with E-state index in [2.05, 4.69) is 40.8 Å². The number of rotatable bonds is 4. The second-order valence-electron chi connectivity index (χ2n) is 3.38. The topological polar surface area (TPSA) is 56.7 Å². The highest BCUT2D eigenvalue weighted by Gasteiger charge is 2.03. The smallest absolute Gasteiger partial charge is 0.113 e. The van der Waals surface area contributed by atoms with Gasteiger partial charge in [-0.15, -0.1) is 16.9 Å². The van der Waals surface area contributed by atoms with Gasteiger partial charge in [-0.2, -0.15) is 0 Å². The first-order valence-corrected chi connectivity index (χ1v) is 6.30. The SMILES string of the molecule is CSc1ccc(-c2cn(CCN)nn2)cc1. The molecule has 0 aliphatic carbocycles. The lowest BCUT2D eigenvalue weighted by atomic mass is 10.2. The van der Waals surface area contributed by atoms with Gasteiger partial charge in [0.15, 0.2) is 0 Å². The Balaban J connectivity index is 2.21. The van der Waals surface area contributed by atoms with Gasteiger partial charge >= 0.3 is 0 Å². The third kappa shape index (κ3) is 2.43. The largest absolute Gasteiger partial charge is 0.329 e. The third-order valence-electron chi connectivity index (χ3n) is 2.28. The highest BCUT2D eigenvalue weighted by Crippen LogP contribution is 2.20. The lowest BCUT2D eigenvalue weighted by molar-refractivity contribution is 0.598. The molecule has 4 nitrogen and oxygen atoms in total. The zero-order valence-electron chi connectivity index (χ0n) is 9.13. The van der Waals surface area contributed by atoms with Gasteiger partial charge in [0.05, 0.1) is 12.7 Å². The Bertz CT molecular complexity index is 449. The van der Waals surface area contributed by atoms with Crippen molar-refractivity contribution in [2.45, 2.75) is 11.4 Å². The van der Waals surface area contributed by atoms with Gasteiger partial charge in [0.2, 0.25) is 0 Å². The summed E-state index contributed by atoms with van der Waals surface area (Å²) in [5, 5.41) is 8.12. The normalized spacial score (nSPS) is 10.6. The van der Waals surface area contributed by atoms with Crippen molar-refractivity contribution >= 4 is 11.8 Å². The first-order valence-electron chi connectivity index (χ1n) is 5.08. The zero-order chi connectivity index (χ0) is 11.4. The van der Waals surface area contributed by atoms with E-state index in [1.165, 1.54) is 4.90 Å². The Labute approximate surface area is 98.8 Å². The van der Waals surface area contributed by atoms with Gasteiger partial charge in [-0.25, -0.2) is 0 Å². The van der Waals surface area contributed by atoms with Crippen LogP contribution in [0.3, 0.4) is 0 Å². The molecule has 1 aromatic heterocycles. The Hall–Kier alpha value is -1.33. The van der Waals surface area contributed by atoms with E-state index in [4.69, 9.17) is 5.73 Å². The van der Waals surface area contributed by atoms with E-state index in [1.807, 2.05) is 6.20 Å². The molecule has 0 radical (unpaired) electrons. The number of hydrogen-bond donors (Lipinski definition) is 1. The standard InChI is InChI=1S/C11H14N4S/c1-16-10-4-2-9(3-5-10)11-8-15(7-6-12)14-13-11/h2-5,8H,6-7,12H2,1H3. The zero-order valence-corrected chi connectivity index (χ0v) is 9.94. The lowest BCUT2D eigenvalue weighted by Crippen LogP contribution is -2.10. The second kappa shape index (κ2) is 5.14. The van der Waals surface area contributed by atoms with Crippen LogP contribution >= 0.6 is 11.8 Å². The van der Waals surface area contributed by atoms with Crippen LogP contribution in [0.25, 0.3) is 11.3 Å². The van der Waals surface area contributed by atoms with Gasteiger partial charge in [0.1, 0.15) is 5.69 Å². The van der Waals surface area contributed by atoms with Crippen molar-refractivity contribution in [2.75, 3.05) is 12.8 Å². The summed E-state index contributed by atoms with van der Waals surface area (Å²) in [7, 11) is 0. The summed E-state index contributed by atoms with van der Waals surface area (Å²) in [6, 6.07) is 8.29. The molecule has 0 aliphatic rings. The molecule has 84 valence electrons. The van der Waals surface area contributed by atoms with E-state index in [0.29, 0.717) is 13.1 Å². The van der Waals surface area contributed by atoms with E-state index >= 15 is 0 Å². The molecule has 0 unspecified atom stereocenters. The monoisotopic (exact) mass is 234 g/mol. The summed E-state index contributed by atoms with van der Waals surface area (Å²) >= 11 is 1.73. The molecular formula is C11H14N4S. The molecule has 5 heteroatoms. The summed E-state index contributed by atoms with van der Waals surface area (Å²) in [6.07, 6.45) is 3.98. The Morgan fingerprint density at radius 3 is 2.69 bits per heavy atom. The molecule has 0 spiro atoms. The van der Waals surface area contributed by atoms with Crippen LogP contribution < -0.4 is 5.73 Å². The van der Waals surface area contributed by atoms with E-state index in [1.54, 1.807) is 16.4 Å². The highest BCUT2D eigenvalue weighted by atomic mass is 32.2. The van der Waals surface area contributed by atoms with Crippen molar-refractivity contribution in [3.63, 3.8) is 0 Å². The minimum atomic E-state index is 0.578. The minimum Gasteiger partial charge on any atom is -0.329 e. The molecule has 1 aromatic carbocycles. The summed E-state index contributed by atoms with van der Waals surface area (Å²) in [5.41, 5.74) is 7.43. The molecular weight excluding hydrogens is 220 g/mol. The number of aromatic nitrogens is 3. The van der Waals surface area contributed by atoms with E-state index < -0.39 is 0 Å². The van der Waals surface area contributed by atoms with Gasteiger partial charge < -0.3 is 5.73 Å². The molecule has 1 heterocycles. The number of benzene rings is 1. The van der Waals surface area contributed by atoms with Crippen molar-refractivity contribution in [1.82, 2.24) is 15.0 Å². The van der Waals surface area contributed by atoms with Crippen LogP contribution in [0, 0.1) is 0 Å². The average molecular weight is 234 g/mol. The first kappa shape index (κ1) is 11.2. The summed E-state index contributed by atoms with van der Waals surface area (Å²) in [6.45, 7) is 1.28. The molecule has 0 bridgehead atoms. The number of nitrogens with two attached hydrogens (primary N) is 1. The summed E-state index contributed by atoms with van der Waals surface area (Å²) in [5.74, 6) is 0. The van der Waals surface area contributed by atoms with Gasteiger partial charge in [-0.05, 0) is 18.4 Å². The van der Waals surface area contributed by atoms with E-state index in [9.17, 15) is 0 Å². The Morgan fingerprint density at radius 2 is 2.06 bits per heavy atom. The predicted molar refractivity (Wildman–Crippen MR) is 66.3 cm³/mol. The van der Waals surface area contributed by atoms with Crippen LogP contribution in [0.2, 0.25) is 0 Å². The highest BCUT2D eigenvalue weighted by molar-refractivity contribution is 7.98. The summed E-state index contributed by atoms with van der Waals surface area (Å²) < 4.78 is 1.76. The fourth-order valence-electron chi connectivity index (χ4n) is 1.43. The molecule has 0 atom stereocenters. The third-order valence-corrected chi connectivity index (χ3v) is 3.03. The first-order chi connectivity index (χ1) is 7.83. The van der Waals surface area contributed by atoms with Crippen molar-refractivity contribution < 1.29 is 0 Å². The molecule has 2 N–H and O–H groups in total. The van der Waals surface area contributed by atoms with Crippen LogP contribution in [0.5, 0.6) is 0 Å². The molecule has 2 aromatic rings. The fraction of sp³-hybridized carbons (Fsp3) is 0.273. The van der Waals surface area contributed by atoms with Crippen LogP contribution in [0.4, 0.5) is 0 Å². The quantitative estimate of drug-likeness (QED) is 0.817. The van der Waals surface area contributed by atoms with Crippen molar-refractivity contribution in [1.29, 1.82) is 0 Å². The predicted octanol–water partition coefficient (Wildman–Crippen LogP) is 1.63. The summed E-state index contributed by atoms with van der Waals surface area (Å²) in [4.78, 5) is 1.25. The van der Waals surface area contributed by atoms with Crippen molar-refractivity contribution in [2.24, 2.45) is 5.73 Å². The minimum absolute atomic E-state index is 0.578. The molecule has 0 fully saturated rings. The van der Waals surface area contributed by atoms with E-state index in [-0.39, 0.29) is 0 Å². The number of nitrogens with zero attached hydrogens (tertiary/aromatic N) is 3. The maximum atomic E-state index is 5.46. The van der Waals surface area contributed by atoms with Crippen LogP contribution in [-0.2, 0) is 6.54 Å². The maximum Gasteiger partial charge on any atom is 0.113 e. The van der Waals surface area contributed by atoms with Crippen molar-refractivity contribution in [3.05, 3.63) is 30.5 Å². The van der Waals surface area contributed by atoms with Crippen LogP contribution in [0.15, 0.2) is 35.4 Å². The Kier molecular flexibility index (Phi) is 3.58. The molecule has 16 heavy (non-hydrogen) atoms. The fourth-order valence-corrected chi connectivity index (χ4v) is 1.84. The van der Waals surface area contributed by atoms with Crippen molar-refractivity contribution in [3.8, 4) is 11.3 Å². The molecule has 0 saturated heterocycles. The number of thioether (sulfide) groups is 1. The van der Waals surface area contributed by atoms with Crippen LogP contribution in [-0.4, -0.2) is 27.8 Å². The van der Waals surface area contributed by atoms with Crippen LogP contribution in [0.1, 0.15) is 0 Å². The van der Waals surface area contributed by atoms with Gasteiger partial charge in [0.25, 0.3) is 0 Å². The van der Waals surface area contributed by atoms with Gasteiger partial charge in [0, 0.05) is 17.0 Å².